The number of benzene rings is 3. The molecule has 19 heteroatoms. The number of guanidine groups is 1. The van der Waals surface area contributed by atoms with Gasteiger partial charge in [-0.05, 0) is 47.9 Å². The first-order valence-electron chi connectivity index (χ1n) is 18.8. The number of carbonyl (C=O) groups is 6. The van der Waals surface area contributed by atoms with Crippen LogP contribution in [-0.4, -0.2) is 85.1 Å². The molecule has 0 heterocycles. The summed E-state index contributed by atoms with van der Waals surface area (Å²) in [5, 5.41) is 23.9. The van der Waals surface area contributed by atoms with Crippen LogP contribution in [0.25, 0.3) is 0 Å². The first-order valence-corrected chi connectivity index (χ1v) is 18.8. The second kappa shape index (κ2) is 26.3. The maximum atomic E-state index is 13.8. The number of carboxylic acids is 1. The van der Waals surface area contributed by atoms with E-state index in [9.17, 15) is 37.1 Å². The van der Waals surface area contributed by atoms with Gasteiger partial charge in [-0.3, -0.25) is 24.2 Å². The van der Waals surface area contributed by atoms with E-state index in [1.165, 1.54) is 0 Å². The van der Waals surface area contributed by atoms with Gasteiger partial charge in [-0.15, -0.1) is 0 Å². The van der Waals surface area contributed by atoms with Crippen molar-refractivity contribution in [2.45, 2.75) is 70.3 Å². The highest BCUT2D eigenvalue weighted by Crippen LogP contribution is 2.25. The Kier molecular flexibility index (Phi) is 21.6. The van der Waals surface area contributed by atoms with Gasteiger partial charge in [-0.1, -0.05) is 91.9 Å². The number of carboxylic acid groups (broad SMARTS) is 1. The van der Waals surface area contributed by atoms with Gasteiger partial charge in [0, 0.05) is 39.1 Å². The third kappa shape index (κ3) is 20.4. The molecule has 1 atom stereocenters. The van der Waals surface area contributed by atoms with Crippen LogP contribution in [-0.2, 0) is 37.1 Å². The number of unbranched alkanes of at least 4 members (excludes halogenated alkanes) is 1. The van der Waals surface area contributed by atoms with E-state index in [1.54, 1.807) is 6.92 Å². The molecule has 0 unspecified atom stereocenters. The van der Waals surface area contributed by atoms with Gasteiger partial charge in [0.2, 0.25) is 23.6 Å². The highest BCUT2D eigenvalue weighted by atomic mass is 19.4. The van der Waals surface area contributed by atoms with Gasteiger partial charge in [0.25, 0.3) is 0 Å². The van der Waals surface area contributed by atoms with Gasteiger partial charge in [-0.25, -0.2) is 9.59 Å². The van der Waals surface area contributed by atoms with Crippen LogP contribution >= 0.6 is 0 Å². The van der Waals surface area contributed by atoms with Gasteiger partial charge in [0.05, 0.1) is 12.5 Å². The van der Waals surface area contributed by atoms with E-state index in [4.69, 9.17) is 21.4 Å². The van der Waals surface area contributed by atoms with Crippen molar-refractivity contribution >= 4 is 41.6 Å². The van der Waals surface area contributed by atoms with Crippen LogP contribution in [0.5, 0.6) is 0 Å². The molecule has 6 amide bonds. The summed E-state index contributed by atoms with van der Waals surface area (Å²) < 4.78 is 31.7. The molecule has 11 N–H and O–H groups in total. The van der Waals surface area contributed by atoms with Crippen molar-refractivity contribution in [2.24, 2.45) is 16.5 Å². The molecule has 3 aromatic rings. The van der Waals surface area contributed by atoms with Crippen molar-refractivity contribution in [1.82, 2.24) is 31.9 Å². The van der Waals surface area contributed by atoms with Gasteiger partial charge in [0.15, 0.2) is 5.96 Å². The summed E-state index contributed by atoms with van der Waals surface area (Å²) in [7, 11) is 0. The molecule has 16 nitrogen and oxygen atoms in total. The van der Waals surface area contributed by atoms with E-state index in [-0.39, 0.29) is 48.7 Å². The highest BCUT2D eigenvalue weighted by Gasteiger charge is 2.38. The number of nitrogens with one attached hydrogen (secondary N) is 6. The van der Waals surface area contributed by atoms with Crippen molar-refractivity contribution in [1.29, 1.82) is 0 Å². The zero-order chi connectivity index (χ0) is 43.6. The molecule has 0 aliphatic carbocycles. The monoisotopic (exact) mass is 827 g/mol. The fourth-order valence-electron chi connectivity index (χ4n) is 5.19. The number of aliphatic carboxylic acids is 1. The van der Waals surface area contributed by atoms with Gasteiger partial charge >= 0.3 is 18.2 Å². The molecule has 0 aliphatic heterocycles. The van der Waals surface area contributed by atoms with Crippen LogP contribution in [0, 0.1) is 0 Å². The number of hydrogen-bond acceptors (Lipinski definition) is 7. The molecular formula is C40H52F3N9O7. The number of hydrogen-bond donors (Lipinski definition) is 9. The van der Waals surface area contributed by atoms with Crippen molar-refractivity contribution in [3.05, 3.63) is 107 Å². The van der Waals surface area contributed by atoms with Crippen molar-refractivity contribution in [3.8, 4) is 0 Å². The molecule has 0 spiro atoms. The molecule has 0 radical (unpaired) electrons. The minimum atomic E-state index is -5.08. The number of nitrogens with zero attached hydrogens (tertiary/aromatic N) is 1. The largest absolute Gasteiger partial charge is 0.490 e. The Morgan fingerprint density at radius 3 is 1.68 bits per heavy atom. The van der Waals surface area contributed by atoms with Crippen molar-refractivity contribution < 1.29 is 47.0 Å². The maximum Gasteiger partial charge on any atom is 0.490 e. The summed E-state index contributed by atoms with van der Waals surface area (Å²) >= 11 is 0. The van der Waals surface area contributed by atoms with Crippen molar-refractivity contribution in [2.75, 3.05) is 26.2 Å². The lowest BCUT2D eigenvalue weighted by atomic mass is 9.90. The number of carbonyl (C=O) groups excluding carboxylic acids is 5. The smallest absolute Gasteiger partial charge is 0.475 e. The number of rotatable bonds is 21. The fraction of sp³-hybridized carbons (Fsp3) is 0.375. The molecule has 0 aromatic heterocycles. The summed E-state index contributed by atoms with van der Waals surface area (Å²) in [6.45, 7) is 3.44. The average molecular weight is 828 g/mol. The molecule has 0 fully saturated rings. The van der Waals surface area contributed by atoms with E-state index < -0.39 is 24.1 Å². The van der Waals surface area contributed by atoms with Crippen LogP contribution in [0.3, 0.4) is 0 Å². The standard InChI is InChI=1S/C38H51N9O5.C2HF3O2/c1-2-32(48)44-26-33(49)41-21-9-10-22-43-38(52)46-25-28-19-17-27(18-20-28)24-45-35(50)31(16-11-23-42-37(39)40)47-36(51)34(29-12-5-3-6-13-29)30-14-7-4-8-15-30;3-2(4,5)1(6)7/h3-8,12-15,17-20,31,34H,2,9-11,16,21-26H2,1H3,(H,41,49)(H,44,48)(H,45,50)(H,47,51)(H4,39,40,42)(H2,43,46,52);(H,6,7)/t31-;/m1./s1. The molecule has 3 aromatic carbocycles. The van der Waals surface area contributed by atoms with Gasteiger partial charge < -0.3 is 48.5 Å². The fourth-order valence-corrected chi connectivity index (χ4v) is 5.19. The Labute approximate surface area is 340 Å². The van der Waals surface area contributed by atoms with Gasteiger partial charge in [-0.2, -0.15) is 13.2 Å². The SMILES string of the molecule is CCC(=O)NCC(=O)NCCCCNC(=O)NCc1ccc(CNC(=O)[C@@H](CCCN=C(N)N)NC(=O)C(c2ccccc2)c2ccccc2)cc1.O=C(O)C(F)(F)F. The van der Waals surface area contributed by atoms with Crippen LogP contribution < -0.4 is 43.4 Å². The quantitative estimate of drug-likeness (QED) is 0.0434. The summed E-state index contributed by atoms with van der Waals surface area (Å²) in [6.07, 6.45) is -2.59. The van der Waals surface area contributed by atoms with E-state index in [0.717, 1.165) is 22.3 Å². The lowest BCUT2D eigenvalue weighted by Gasteiger charge is -2.23. The number of nitrogens with two attached hydrogens (primary N) is 2. The highest BCUT2D eigenvalue weighted by molar-refractivity contribution is 5.92. The third-order valence-corrected chi connectivity index (χ3v) is 8.27. The zero-order valence-corrected chi connectivity index (χ0v) is 32.6. The summed E-state index contributed by atoms with van der Waals surface area (Å²) in [5.41, 5.74) is 14.3. The van der Waals surface area contributed by atoms with Crippen LogP contribution in [0.2, 0.25) is 0 Å². The predicted molar refractivity (Wildman–Crippen MR) is 214 cm³/mol. The molecular weight excluding hydrogens is 775 g/mol. The molecule has 0 aliphatic rings. The molecule has 59 heavy (non-hydrogen) atoms. The number of amides is 6. The Balaban J connectivity index is 0.00000157. The van der Waals surface area contributed by atoms with Crippen LogP contribution in [0.1, 0.15) is 67.2 Å². The Bertz CT molecular complexity index is 1770. The summed E-state index contributed by atoms with van der Waals surface area (Å²) in [5.74, 6) is -4.45. The topological polar surface area (TPSA) is 259 Å². The minimum Gasteiger partial charge on any atom is -0.475 e. The lowest BCUT2D eigenvalue weighted by Crippen LogP contribution is -2.48. The number of urea groups is 1. The Morgan fingerprint density at radius 2 is 1.19 bits per heavy atom. The molecule has 0 saturated carbocycles. The zero-order valence-electron chi connectivity index (χ0n) is 32.6. The van der Waals surface area contributed by atoms with Crippen LogP contribution in [0.4, 0.5) is 18.0 Å². The second-order valence-corrected chi connectivity index (χ2v) is 12.9. The molecule has 0 saturated heterocycles. The number of halogens is 3. The Morgan fingerprint density at radius 1 is 0.678 bits per heavy atom. The number of aliphatic imine (C=N–C) groups is 1. The molecule has 3 rings (SSSR count). The summed E-state index contributed by atoms with van der Waals surface area (Å²) in [6, 6.07) is 25.2. The minimum absolute atomic E-state index is 0.0378. The van der Waals surface area contributed by atoms with Crippen molar-refractivity contribution in [3.63, 3.8) is 0 Å². The first kappa shape index (κ1) is 48.5. The molecule has 320 valence electrons. The Hall–Kier alpha value is -6.66. The summed E-state index contributed by atoms with van der Waals surface area (Å²) in [4.78, 5) is 75.3. The molecule has 0 bridgehead atoms. The number of alkyl halides is 3. The van der Waals surface area contributed by atoms with E-state index in [2.05, 4.69) is 36.9 Å². The first-order chi connectivity index (χ1) is 28.1. The maximum absolute atomic E-state index is 13.8. The van der Waals surface area contributed by atoms with E-state index in [1.807, 2.05) is 84.9 Å². The third-order valence-electron chi connectivity index (χ3n) is 8.27. The predicted octanol–water partition coefficient (Wildman–Crippen LogP) is 2.53. The second-order valence-electron chi connectivity index (χ2n) is 12.9. The lowest BCUT2D eigenvalue weighted by molar-refractivity contribution is -0.192. The van der Waals surface area contributed by atoms with Crippen LogP contribution in [0.15, 0.2) is 89.9 Å². The van der Waals surface area contributed by atoms with E-state index >= 15 is 0 Å². The van der Waals surface area contributed by atoms with Gasteiger partial charge in [0.1, 0.15) is 6.04 Å². The van der Waals surface area contributed by atoms with E-state index in [0.29, 0.717) is 58.3 Å². The average Bonchev–Trinajstić information content (AvgIpc) is 3.21. The normalized spacial score (nSPS) is 11.1.